The smallest absolute Gasteiger partial charge is 0.266 e. The first-order valence-electron chi connectivity index (χ1n) is 6.27. The second kappa shape index (κ2) is 5.54. The van der Waals surface area contributed by atoms with Gasteiger partial charge in [0.05, 0.1) is 17.8 Å². The second-order valence-electron chi connectivity index (χ2n) is 4.85. The maximum atomic E-state index is 12.3. The predicted octanol–water partition coefficient (Wildman–Crippen LogP) is 1.84. The van der Waals surface area contributed by atoms with Gasteiger partial charge < -0.3 is 0 Å². The van der Waals surface area contributed by atoms with E-state index in [0.29, 0.717) is 11.3 Å². The summed E-state index contributed by atoms with van der Waals surface area (Å²) in [4.78, 5) is 4.12. The van der Waals surface area contributed by atoms with Gasteiger partial charge >= 0.3 is 0 Å². The molecule has 21 heavy (non-hydrogen) atoms. The number of anilines is 1. The molecule has 0 aliphatic rings. The van der Waals surface area contributed by atoms with Gasteiger partial charge in [-0.3, -0.25) is 9.40 Å². The molecule has 0 aliphatic carbocycles. The Bertz CT molecular complexity index is 802. The first-order chi connectivity index (χ1) is 9.81. The molecule has 0 spiro atoms. The van der Waals surface area contributed by atoms with E-state index in [1.807, 2.05) is 19.9 Å². The molecule has 0 saturated carbocycles. The maximum Gasteiger partial charge on any atom is 0.266 e. The van der Waals surface area contributed by atoms with Crippen LogP contribution in [0.25, 0.3) is 0 Å². The lowest BCUT2D eigenvalue weighted by molar-refractivity contribution is 0.531. The van der Waals surface area contributed by atoms with Gasteiger partial charge in [0.25, 0.3) is 10.0 Å². The lowest BCUT2D eigenvalue weighted by atomic mass is 10.2. The van der Waals surface area contributed by atoms with Crippen molar-refractivity contribution in [3.63, 3.8) is 0 Å². The van der Waals surface area contributed by atoms with Crippen molar-refractivity contribution in [2.45, 2.75) is 31.7 Å². The maximum absolute atomic E-state index is 12.3. The quantitative estimate of drug-likeness (QED) is 0.928. The molecule has 7 nitrogen and oxygen atoms in total. The Labute approximate surface area is 123 Å². The molecule has 0 atom stereocenters. The molecule has 110 valence electrons. The molecule has 0 aromatic carbocycles. The van der Waals surface area contributed by atoms with E-state index in [9.17, 15) is 8.42 Å². The van der Waals surface area contributed by atoms with Gasteiger partial charge in [0.2, 0.25) is 0 Å². The number of nitriles is 1. The zero-order valence-electron chi connectivity index (χ0n) is 11.9. The van der Waals surface area contributed by atoms with Crippen molar-refractivity contribution in [1.29, 1.82) is 5.26 Å². The minimum Gasteiger partial charge on any atom is -0.269 e. The van der Waals surface area contributed by atoms with Crippen molar-refractivity contribution in [3.8, 4) is 6.07 Å². The summed E-state index contributed by atoms with van der Waals surface area (Å²) in [6.07, 6.45) is 2.73. The van der Waals surface area contributed by atoms with Crippen LogP contribution in [-0.2, 0) is 10.0 Å². The number of hydrogen-bond acceptors (Lipinski definition) is 5. The first-order valence-corrected chi connectivity index (χ1v) is 7.76. The predicted molar refractivity (Wildman–Crippen MR) is 77.1 cm³/mol. The molecule has 2 aromatic heterocycles. The van der Waals surface area contributed by atoms with E-state index >= 15 is 0 Å². The Morgan fingerprint density at radius 3 is 2.67 bits per heavy atom. The number of aryl methyl sites for hydroxylation is 1. The van der Waals surface area contributed by atoms with E-state index in [0.717, 1.165) is 0 Å². The van der Waals surface area contributed by atoms with E-state index in [-0.39, 0.29) is 16.8 Å². The van der Waals surface area contributed by atoms with Gasteiger partial charge in [-0.1, -0.05) is 0 Å². The van der Waals surface area contributed by atoms with Crippen LogP contribution in [0.4, 0.5) is 5.82 Å². The first kappa shape index (κ1) is 15.0. The lowest BCUT2D eigenvalue weighted by Crippen LogP contribution is -2.14. The number of rotatable bonds is 4. The fourth-order valence-electron chi connectivity index (χ4n) is 1.72. The summed E-state index contributed by atoms with van der Waals surface area (Å²) >= 11 is 0. The minimum atomic E-state index is -3.77. The SMILES string of the molecule is Cc1cc(C#N)cc(NS(=O)(=O)c2cnn(C(C)C)c2)n1. The molecule has 0 bridgehead atoms. The van der Waals surface area contributed by atoms with Crippen molar-refractivity contribution in [3.05, 3.63) is 35.8 Å². The van der Waals surface area contributed by atoms with E-state index in [1.54, 1.807) is 17.7 Å². The van der Waals surface area contributed by atoms with Gasteiger partial charge in [0.15, 0.2) is 0 Å². The highest BCUT2D eigenvalue weighted by Crippen LogP contribution is 2.17. The molecule has 2 heterocycles. The molecule has 8 heteroatoms. The average molecular weight is 305 g/mol. The lowest BCUT2D eigenvalue weighted by Gasteiger charge is -2.07. The molecule has 0 unspecified atom stereocenters. The Hall–Kier alpha value is -2.40. The van der Waals surface area contributed by atoms with Crippen LogP contribution in [0.15, 0.2) is 29.4 Å². The molecular formula is C13H15N5O2S. The van der Waals surface area contributed by atoms with E-state index in [2.05, 4.69) is 14.8 Å². The van der Waals surface area contributed by atoms with E-state index in [4.69, 9.17) is 5.26 Å². The Morgan fingerprint density at radius 1 is 1.38 bits per heavy atom. The molecule has 2 rings (SSSR count). The van der Waals surface area contributed by atoms with Crippen molar-refractivity contribution >= 4 is 15.8 Å². The highest BCUT2D eigenvalue weighted by Gasteiger charge is 2.18. The zero-order valence-corrected chi connectivity index (χ0v) is 12.7. The van der Waals surface area contributed by atoms with Crippen LogP contribution in [-0.4, -0.2) is 23.2 Å². The third kappa shape index (κ3) is 3.38. The third-order valence-electron chi connectivity index (χ3n) is 2.74. The van der Waals surface area contributed by atoms with Crippen molar-refractivity contribution in [2.24, 2.45) is 0 Å². The number of pyridine rings is 1. The number of hydrogen-bond donors (Lipinski definition) is 1. The summed E-state index contributed by atoms with van der Waals surface area (Å²) in [7, 11) is -3.77. The van der Waals surface area contributed by atoms with Crippen molar-refractivity contribution in [1.82, 2.24) is 14.8 Å². The van der Waals surface area contributed by atoms with Crippen LogP contribution in [0.5, 0.6) is 0 Å². The molecule has 0 radical (unpaired) electrons. The van der Waals surface area contributed by atoms with Crippen LogP contribution in [0, 0.1) is 18.3 Å². The highest BCUT2D eigenvalue weighted by molar-refractivity contribution is 7.92. The molecule has 0 fully saturated rings. The molecule has 0 saturated heterocycles. The van der Waals surface area contributed by atoms with Gasteiger partial charge in [-0.15, -0.1) is 0 Å². The molecular weight excluding hydrogens is 290 g/mol. The van der Waals surface area contributed by atoms with Gasteiger partial charge in [-0.05, 0) is 32.9 Å². The summed E-state index contributed by atoms with van der Waals surface area (Å²) in [6.45, 7) is 5.49. The fraction of sp³-hybridized carbons (Fsp3) is 0.308. The number of nitrogens with zero attached hydrogens (tertiary/aromatic N) is 4. The molecule has 0 amide bonds. The Balaban J connectivity index is 2.33. The summed E-state index contributed by atoms with van der Waals surface area (Å²) in [5.41, 5.74) is 0.905. The summed E-state index contributed by atoms with van der Waals surface area (Å²) < 4.78 is 28.4. The largest absolute Gasteiger partial charge is 0.269 e. The van der Waals surface area contributed by atoms with Crippen molar-refractivity contribution in [2.75, 3.05) is 4.72 Å². The van der Waals surface area contributed by atoms with Crippen LogP contribution >= 0.6 is 0 Å². The van der Waals surface area contributed by atoms with E-state index in [1.165, 1.54) is 18.5 Å². The fourth-order valence-corrected chi connectivity index (χ4v) is 2.65. The van der Waals surface area contributed by atoms with Crippen LogP contribution in [0.1, 0.15) is 31.1 Å². The summed E-state index contributed by atoms with van der Waals surface area (Å²) in [5, 5.41) is 12.9. The average Bonchev–Trinajstić information content (AvgIpc) is 2.87. The van der Waals surface area contributed by atoms with Gasteiger partial charge in [-0.25, -0.2) is 13.4 Å². The Morgan fingerprint density at radius 2 is 2.10 bits per heavy atom. The van der Waals surface area contributed by atoms with Crippen LogP contribution < -0.4 is 4.72 Å². The summed E-state index contributed by atoms with van der Waals surface area (Å²) in [5.74, 6) is 0.115. The van der Waals surface area contributed by atoms with Crippen LogP contribution in [0.2, 0.25) is 0 Å². The summed E-state index contributed by atoms with van der Waals surface area (Å²) in [6, 6.07) is 4.99. The highest BCUT2D eigenvalue weighted by atomic mass is 32.2. The molecule has 0 aliphatic heterocycles. The van der Waals surface area contributed by atoms with Gasteiger partial charge in [0.1, 0.15) is 10.7 Å². The molecule has 2 aromatic rings. The normalized spacial score (nSPS) is 11.4. The molecule has 1 N–H and O–H groups in total. The number of aromatic nitrogens is 3. The monoisotopic (exact) mass is 305 g/mol. The second-order valence-corrected chi connectivity index (χ2v) is 6.53. The third-order valence-corrected chi connectivity index (χ3v) is 4.05. The number of sulfonamides is 1. The van der Waals surface area contributed by atoms with Crippen molar-refractivity contribution < 1.29 is 8.42 Å². The van der Waals surface area contributed by atoms with Gasteiger partial charge in [-0.2, -0.15) is 10.4 Å². The number of nitrogens with one attached hydrogen (secondary N) is 1. The van der Waals surface area contributed by atoms with Crippen LogP contribution in [0.3, 0.4) is 0 Å². The van der Waals surface area contributed by atoms with E-state index < -0.39 is 10.0 Å². The Kier molecular flexibility index (Phi) is 3.95. The topological polar surface area (TPSA) is 101 Å². The minimum absolute atomic E-state index is 0.0537. The van der Waals surface area contributed by atoms with Gasteiger partial charge in [0, 0.05) is 17.9 Å². The zero-order chi connectivity index (χ0) is 15.6. The standard InChI is InChI=1S/C13H15N5O2S/c1-9(2)18-8-12(7-15-18)21(19,20)17-13-5-11(6-14)4-10(3)16-13/h4-5,7-9H,1-3H3,(H,16,17).